The second-order valence-corrected chi connectivity index (χ2v) is 9.72. The van der Waals surface area contributed by atoms with Gasteiger partial charge in [-0.3, -0.25) is 10.1 Å². The van der Waals surface area contributed by atoms with E-state index in [9.17, 15) is 9.59 Å². The van der Waals surface area contributed by atoms with Crippen LogP contribution in [0.3, 0.4) is 0 Å². The van der Waals surface area contributed by atoms with E-state index in [1.165, 1.54) is 11.3 Å². The van der Waals surface area contributed by atoms with Crippen LogP contribution in [0.4, 0.5) is 9.93 Å². The minimum Gasteiger partial charge on any atom is -0.444 e. The van der Waals surface area contributed by atoms with Gasteiger partial charge in [0, 0.05) is 13.1 Å². The quantitative estimate of drug-likeness (QED) is 0.643. The maximum atomic E-state index is 13.1. The van der Waals surface area contributed by atoms with Gasteiger partial charge in [0.25, 0.3) is 5.91 Å². The Morgan fingerprint density at radius 2 is 1.63 bits per heavy atom. The Balaban J connectivity index is 2.89. The van der Waals surface area contributed by atoms with Gasteiger partial charge in [-0.25, -0.2) is 9.78 Å². The number of hydrogen-bond donors (Lipinski definition) is 1. The van der Waals surface area contributed by atoms with E-state index in [0.29, 0.717) is 27.5 Å². The highest BCUT2D eigenvalue weighted by Gasteiger charge is 2.23. The molecule has 0 aliphatic rings. The molecule has 6 nitrogen and oxygen atoms in total. The van der Waals surface area contributed by atoms with Crippen molar-refractivity contribution in [3.05, 3.63) is 10.6 Å². The molecule has 2 amide bonds. The van der Waals surface area contributed by atoms with Gasteiger partial charge >= 0.3 is 6.09 Å². The fraction of sp³-hybridized carbons (Fsp3) is 0.750. The normalized spacial score (nSPS) is 11.8. The van der Waals surface area contributed by atoms with Crippen molar-refractivity contribution in [3.8, 4) is 0 Å². The average molecular weight is 398 g/mol. The summed E-state index contributed by atoms with van der Waals surface area (Å²) in [5.74, 6) is 1.06. The summed E-state index contributed by atoms with van der Waals surface area (Å²) in [6.07, 6.45) is 1.36. The molecule has 7 heteroatoms. The maximum absolute atomic E-state index is 13.1. The molecule has 0 spiro atoms. The van der Waals surface area contributed by atoms with Crippen molar-refractivity contribution < 1.29 is 14.3 Å². The molecule has 0 fully saturated rings. The zero-order valence-electron chi connectivity index (χ0n) is 18.0. The molecular formula is C20H35N3O3S. The maximum Gasteiger partial charge on any atom is 0.413 e. The number of amides is 2. The van der Waals surface area contributed by atoms with Crippen molar-refractivity contribution in [1.82, 2.24) is 9.88 Å². The van der Waals surface area contributed by atoms with Gasteiger partial charge in [-0.1, -0.05) is 39.0 Å². The molecule has 1 rings (SSSR count). The third-order valence-electron chi connectivity index (χ3n) is 3.84. The molecule has 0 saturated heterocycles. The highest BCUT2D eigenvalue weighted by atomic mass is 32.1. The number of aromatic nitrogens is 1. The number of thiazole rings is 1. The lowest BCUT2D eigenvalue weighted by Gasteiger charge is -2.24. The van der Waals surface area contributed by atoms with Crippen LogP contribution in [-0.2, 0) is 4.74 Å². The lowest BCUT2D eigenvalue weighted by Crippen LogP contribution is -2.34. The van der Waals surface area contributed by atoms with Gasteiger partial charge in [0.15, 0.2) is 5.13 Å². The third kappa shape index (κ3) is 8.73. The molecule has 0 radical (unpaired) electrons. The van der Waals surface area contributed by atoms with Crippen molar-refractivity contribution in [3.63, 3.8) is 0 Å². The number of anilines is 1. The van der Waals surface area contributed by atoms with Crippen LogP contribution in [0.25, 0.3) is 0 Å². The van der Waals surface area contributed by atoms with E-state index >= 15 is 0 Å². The molecule has 0 aliphatic carbocycles. The van der Waals surface area contributed by atoms with Gasteiger partial charge in [0.1, 0.15) is 10.5 Å². The lowest BCUT2D eigenvalue weighted by molar-refractivity contribution is 0.0635. The lowest BCUT2D eigenvalue weighted by atomic mass is 10.1. The summed E-state index contributed by atoms with van der Waals surface area (Å²) in [5.41, 5.74) is 0.0506. The first-order valence-electron chi connectivity index (χ1n) is 9.65. The van der Waals surface area contributed by atoms with Crippen LogP contribution in [0.15, 0.2) is 0 Å². The number of carbonyl (C=O) groups is 2. The van der Waals surface area contributed by atoms with E-state index in [0.717, 1.165) is 25.9 Å². The van der Waals surface area contributed by atoms with E-state index in [4.69, 9.17) is 4.74 Å². The van der Waals surface area contributed by atoms with E-state index in [1.54, 1.807) is 27.7 Å². The van der Waals surface area contributed by atoms with Crippen molar-refractivity contribution >= 4 is 28.5 Å². The Hall–Kier alpha value is -1.63. The molecular weight excluding hydrogens is 362 g/mol. The zero-order chi connectivity index (χ0) is 20.8. The number of ether oxygens (including phenoxy) is 1. The largest absolute Gasteiger partial charge is 0.444 e. The van der Waals surface area contributed by atoms with Gasteiger partial charge in [0.05, 0.1) is 5.69 Å². The van der Waals surface area contributed by atoms with Crippen molar-refractivity contribution in [1.29, 1.82) is 0 Å². The fourth-order valence-electron chi connectivity index (χ4n) is 2.33. The third-order valence-corrected chi connectivity index (χ3v) is 4.90. The highest BCUT2D eigenvalue weighted by molar-refractivity contribution is 7.17. The first-order valence-corrected chi connectivity index (χ1v) is 10.5. The van der Waals surface area contributed by atoms with E-state index in [1.807, 2.05) is 4.90 Å². The SMILES string of the molecule is Cc1nc(NC(=O)OC(C)(C)C)sc1C(=O)N(CCC(C)C)CCC(C)C. The minimum absolute atomic E-state index is 0.0106. The Kier molecular flexibility index (Phi) is 8.72. The van der Waals surface area contributed by atoms with Gasteiger partial charge < -0.3 is 9.64 Å². The molecule has 0 atom stereocenters. The Bertz CT molecular complexity index is 621. The summed E-state index contributed by atoms with van der Waals surface area (Å²) in [6.45, 7) is 17.3. The highest BCUT2D eigenvalue weighted by Crippen LogP contribution is 2.25. The summed E-state index contributed by atoms with van der Waals surface area (Å²) in [7, 11) is 0. The Labute approximate surface area is 167 Å². The molecule has 1 heterocycles. The first-order chi connectivity index (χ1) is 12.4. The van der Waals surface area contributed by atoms with Crippen LogP contribution in [0.2, 0.25) is 0 Å². The van der Waals surface area contributed by atoms with Gasteiger partial charge in [-0.15, -0.1) is 0 Å². The van der Waals surface area contributed by atoms with Crippen molar-refractivity contribution in [2.45, 2.75) is 73.8 Å². The number of aryl methyl sites for hydroxylation is 1. The number of nitrogens with zero attached hydrogens (tertiary/aromatic N) is 2. The second kappa shape index (κ2) is 10.1. The molecule has 0 unspecified atom stereocenters. The molecule has 1 N–H and O–H groups in total. The monoisotopic (exact) mass is 397 g/mol. The number of hydrogen-bond acceptors (Lipinski definition) is 5. The van der Waals surface area contributed by atoms with E-state index in [2.05, 4.69) is 38.0 Å². The van der Waals surface area contributed by atoms with E-state index < -0.39 is 11.7 Å². The fourth-order valence-corrected chi connectivity index (χ4v) is 3.25. The number of rotatable bonds is 8. The molecule has 0 aliphatic heterocycles. The van der Waals surface area contributed by atoms with Crippen molar-refractivity contribution in [2.75, 3.05) is 18.4 Å². The van der Waals surface area contributed by atoms with Crippen LogP contribution >= 0.6 is 11.3 Å². The van der Waals surface area contributed by atoms with Gasteiger partial charge in [0.2, 0.25) is 0 Å². The van der Waals surface area contributed by atoms with Crippen LogP contribution in [0.5, 0.6) is 0 Å². The Morgan fingerprint density at radius 3 is 2.07 bits per heavy atom. The average Bonchev–Trinajstić information content (AvgIpc) is 2.84. The molecule has 1 aromatic rings. The summed E-state index contributed by atoms with van der Waals surface area (Å²) in [6, 6.07) is 0. The Morgan fingerprint density at radius 1 is 1.11 bits per heavy atom. The predicted molar refractivity (Wildman–Crippen MR) is 112 cm³/mol. The van der Waals surface area contributed by atoms with Gasteiger partial charge in [-0.2, -0.15) is 0 Å². The topological polar surface area (TPSA) is 71.5 Å². The summed E-state index contributed by atoms with van der Waals surface area (Å²) in [4.78, 5) is 31.8. The standard InChI is InChI=1S/C20H35N3O3S/c1-13(2)9-11-23(12-10-14(3)4)17(24)16-15(5)21-18(27-16)22-19(25)26-20(6,7)8/h13-14H,9-12H2,1-8H3,(H,21,22,25). The van der Waals surface area contributed by atoms with Crippen LogP contribution in [-0.4, -0.2) is 40.6 Å². The van der Waals surface area contributed by atoms with Gasteiger partial charge in [-0.05, 0) is 52.4 Å². The number of carbonyl (C=O) groups excluding carboxylic acids is 2. The second-order valence-electron chi connectivity index (χ2n) is 8.72. The van der Waals surface area contributed by atoms with E-state index in [-0.39, 0.29) is 5.91 Å². The smallest absolute Gasteiger partial charge is 0.413 e. The molecule has 0 saturated carbocycles. The summed E-state index contributed by atoms with van der Waals surface area (Å²) in [5, 5.41) is 3.02. The van der Waals surface area contributed by atoms with Crippen LogP contribution < -0.4 is 5.32 Å². The van der Waals surface area contributed by atoms with Crippen LogP contribution in [0.1, 0.15) is 76.7 Å². The molecule has 154 valence electrons. The first kappa shape index (κ1) is 23.4. The molecule has 27 heavy (non-hydrogen) atoms. The zero-order valence-corrected chi connectivity index (χ0v) is 18.8. The molecule has 0 bridgehead atoms. The number of nitrogens with one attached hydrogen (secondary N) is 1. The van der Waals surface area contributed by atoms with Crippen molar-refractivity contribution in [2.24, 2.45) is 11.8 Å². The minimum atomic E-state index is -0.584. The van der Waals surface area contributed by atoms with Crippen LogP contribution in [0, 0.1) is 18.8 Å². The predicted octanol–water partition coefficient (Wildman–Crippen LogP) is 5.33. The molecule has 0 aromatic carbocycles. The molecule has 1 aromatic heterocycles. The summed E-state index contributed by atoms with van der Waals surface area (Å²) < 4.78 is 5.25. The summed E-state index contributed by atoms with van der Waals surface area (Å²) >= 11 is 1.20.